The average molecular weight is 448 g/mol. The van der Waals surface area contributed by atoms with Gasteiger partial charge in [0, 0.05) is 0 Å². The Kier molecular flexibility index (Phi) is 45.4. The van der Waals surface area contributed by atoms with Crippen LogP contribution in [0.4, 0.5) is 0 Å². The summed E-state index contributed by atoms with van der Waals surface area (Å²) in [5.74, 6) is 0. The summed E-state index contributed by atoms with van der Waals surface area (Å²) >= 11 is 0. The molecule has 0 atom stereocenters. The summed E-state index contributed by atoms with van der Waals surface area (Å²) in [5.41, 5.74) is 0. The third-order valence-corrected chi connectivity index (χ3v) is 0. The molecule has 0 saturated heterocycles. The van der Waals surface area contributed by atoms with E-state index in [4.69, 9.17) is 57.7 Å². The van der Waals surface area contributed by atoms with Gasteiger partial charge in [-0.2, -0.15) is 23.5 Å². The first-order valence-electron chi connectivity index (χ1n) is 2.19. The molecule has 0 aromatic rings. The number of hydrogen-bond acceptors (Lipinski definition) is 12. The van der Waals surface area contributed by atoms with Gasteiger partial charge in [0.2, 0.25) is 0 Å². The van der Waals surface area contributed by atoms with Gasteiger partial charge in [-0.25, -0.2) is 0 Å². The molecule has 0 amide bonds. The Hall–Kier alpha value is 3.82. The topological polar surface area (TPSA) is 259 Å². The van der Waals surface area contributed by atoms with E-state index in [1.165, 1.54) is 0 Å². The van der Waals surface area contributed by atoms with Crippen LogP contribution < -0.4 is 62.9 Å². The smallest absolute Gasteiger partial charge is 0.822 e. The van der Waals surface area contributed by atoms with Crippen molar-refractivity contribution >= 4 is 78.6 Å². The van der Waals surface area contributed by atoms with Crippen molar-refractivity contribution in [1.29, 1.82) is 0 Å². The minimum absolute atomic E-state index is 0. The second-order valence-electron chi connectivity index (χ2n) is 1.34. The van der Waals surface area contributed by atoms with Gasteiger partial charge in [0.1, 0.15) is 0 Å². The van der Waals surface area contributed by atoms with Crippen LogP contribution in [0.15, 0.2) is 0 Å². The molecule has 0 saturated carbocycles. The predicted molar refractivity (Wildman–Crippen MR) is 34.3 cm³/mol. The minimum Gasteiger partial charge on any atom is -0.822 e. The molecule has 0 rings (SSSR count). The number of rotatable bonds is 0. The van der Waals surface area contributed by atoms with Crippen LogP contribution >= 0.6 is 23.5 Å². The number of hydrogen-bond donors (Lipinski definition) is 0. The van der Waals surface area contributed by atoms with Gasteiger partial charge in [-0.15, -0.1) is 0 Å². The van der Waals surface area contributed by atoms with Crippen molar-refractivity contribution in [3.05, 3.63) is 0 Å². The van der Waals surface area contributed by atoms with Crippen molar-refractivity contribution in [3.8, 4) is 0 Å². The van der Waals surface area contributed by atoms with Crippen LogP contribution in [-0.2, 0) is 46.4 Å². The van der Waals surface area contributed by atoms with Crippen molar-refractivity contribution < 1.29 is 109 Å². The Morgan fingerprint density at radius 2 is 0.526 bits per heavy atom. The molecule has 0 aromatic heterocycles. The van der Waals surface area contributed by atoms with E-state index in [1.807, 2.05) is 0 Å². The van der Waals surface area contributed by atoms with E-state index in [9.17, 15) is 0 Å². The van der Waals surface area contributed by atoms with Crippen molar-refractivity contribution in [2.45, 2.75) is 0 Å². The summed E-state index contributed by atoms with van der Waals surface area (Å²) in [6.45, 7) is 0. The Bertz CT molecular complexity index is 219. The van der Waals surface area contributed by atoms with Crippen LogP contribution in [-0.4, -0.2) is 55.1 Å². The maximum atomic E-state index is 8.55. The summed E-state index contributed by atoms with van der Waals surface area (Å²) in [7, 11) is -16.2. The molecule has 0 N–H and O–H groups in total. The van der Waals surface area contributed by atoms with Gasteiger partial charge in [-0.05, 0) is 0 Å². The molecule has 0 unspecified atom stereocenters. The van der Waals surface area contributed by atoms with Crippen LogP contribution in [0.25, 0.3) is 0 Å². The predicted octanol–water partition coefficient (Wildman–Crippen LogP) is -12.2. The van der Waals surface area contributed by atoms with E-state index in [1.54, 1.807) is 0 Å². The molecule has 0 fully saturated rings. The van der Waals surface area contributed by atoms with Gasteiger partial charge in [-0.3, -0.25) is 0 Å². The van der Waals surface area contributed by atoms with Crippen LogP contribution in [0.5, 0.6) is 0 Å². The van der Waals surface area contributed by atoms with E-state index in [0.717, 1.165) is 0 Å². The summed E-state index contributed by atoms with van der Waals surface area (Å²) < 4.78 is 25.6. The summed E-state index contributed by atoms with van der Waals surface area (Å²) in [5, 5.41) is 0. The fourth-order valence-corrected chi connectivity index (χ4v) is 0. The standard InChI is InChI=1S/Al.Ca.Li.3H3O4P.Y/c;;;3*1-5(2,3)4;/h;;;3*(H3,1,2,3,4);/q+3;+2;+1;;;;+3/p-9. The molecule has 96 valence electrons. The Morgan fingerprint density at radius 1 is 0.526 bits per heavy atom. The molecule has 0 aliphatic carbocycles. The third kappa shape index (κ3) is 587. The Balaban J connectivity index is -0.0000000206. The van der Waals surface area contributed by atoms with Crippen molar-refractivity contribution in [3.63, 3.8) is 0 Å². The van der Waals surface area contributed by atoms with E-state index in [0.29, 0.717) is 0 Å². The van der Waals surface area contributed by atoms with Crippen molar-refractivity contribution in [1.82, 2.24) is 0 Å². The van der Waals surface area contributed by atoms with Gasteiger partial charge in [-0.1, -0.05) is 0 Å². The Labute approximate surface area is 185 Å². The second-order valence-corrected chi connectivity index (χ2v) is 4.02. The quantitative estimate of drug-likeness (QED) is 0.247. The van der Waals surface area contributed by atoms with Gasteiger partial charge in [0.05, 0.1) is 0 Å². The molecule has 0 aromatic carbocycles. The fourth-order valence-electron chi connectivity index (χ4n) is 0. The van der Waals surface area contributed by atoms with E-state index in [2.05, 4.69) is 0 Å². The van der Waals surface area contributed by atoms with E-state index in [-0.39, 0.29) is 107 Å². The zero-order valence-electron chi connectivity index (χ0n) is 9.10. The van der Waals surface area contributed by atoms with Gasteiger partial charge in [0.25, 0.3) is 0 Å². The molecule has 0 heterocycles. The summed E-state index contributed by atoms with van der Waals surface area (Å²) in [6.07, 6.45) is 0. The van der Waals surface area contributed by atoms with E-state index >= 15 is 0 Å². The number of phosphoric acid groups is 3. The van der Waals surface area contributed by atoms with E-state index < -0.39 is 23.5 Å². The molecule has 12 nitrogen and oxygen atoms in total. The molecule has 0 radical (unpaired) electrons. The second kappa shape index (κ2) is 19.9. The zero-order chi connectivity index (χ0) is 13.5. The first-order chi connectivity index (χ1) is 6.00. The summed E-state index contributed by atoms with van der Waals surface area (Å²) in [4.78, 5) is 76.9. The Morgan fingerprint density at radius 3 is 0.526 bits per heavy atom. The average Bonchev–Trinajstić information content (AvgIpc) is 1.41. The minimum atomic E-state index is -5.39. The fraction of sp³-hybridized carbons (Fsp3) is 0. The molecule has 0 aliphatic rings. The van der Waals surface area contributed by atoms with Crippen LogP contribution in [0, 0.1) is 0 Å². The van der Waals surface area contributed by atoms with Crippen molar-refractivity contribution in [2.24, 2.45) is 0 Å². The van der Waals surface area contributed by atoms with Crippen LogP contribution in [0.3, 0.4) is 0 Å². The molecule has 0 bridgehead atoms. The van der Waals surface area contributed by atoms with Gasteiger partial charge < -0.3 is 57.7 Å². The van der Waals surface area contributed by atoms with Gasteiger partial charge in [0.15, 0.2) is 0 Å². The first kappa shape index (κ1) is 43.4. The molecule has 19 heavy (non-hydrogen) atoms. The monoisotopic (exact) mass is 448 g/mol. The largest absolute Gasteiger partial charge is 3.00 e. The maximum absolute atomic E-state index is 8.55. The zero-order valence-corrected chi connectivity index (χ0v) is 18.0. The normalized spacial score (nSPS) is 9.32. The van der Waals surface area contributed by atoms with Crippen LogP contribution in [0.1, 0.15) is 0 Å². The summed E-state index contributed by atoms with van der Waals surface area (Å²) in [6, 6.07) is 0. The third-order valence-electron chi connectivity index (χ3n) is 0. The van der Waals surface area contributed by atoms with Crippen LogP contribution in [0.2, 0.25) is 0 Å². The molecule has 19 heteroatoms. The molecule has 0 aliphatic heterocycles. The molecular formula is AlCaLiO12P3Y. The van der Waals surface area contributed by atoms with Gasteiger partial charge >= 0.3 is 107 Å². The molecule has 0 spiro atoms. The van der Waals surface area contributed by atoms with Crippen molar-refractivity contribution in [2.75, 3.05) is 0 Å². The first-order valence-corrected chi connectivity index (χ1v) is 6.57. The maximum Gasteiger partial charge on any atom is 3.00 e. The SMILES string of the molecule is O=P([O-])([O-])[O-].O=P([O-])([O-])[O-].O=P([O-])([O-])[O-].[Al+3].[Ca+2].[Li+].[Y+3]. The molecular weight excluding hydrogens is 448 g/mol.